The van der Waals surface area contributed by atoms with Gasteiger partial charge in [-0.3, -0.25) is 4.90 Å². The fourth-order valence-corrected chi connectivity index (χ4v) is 2.84. The van der Waals surface area contributed by atoms with E-state index in [0.29, 0.717) is 18.5 Å². The van der Waals surface area contributed by atoms with Crippen LogP contribution in [0.15, 0.2) is 29.3 Å². The molecule has 2 rings (SSSR count). The highest BCUT2D eigenvalue weighted by molar-refractivity contribution is 5.77. The van der Waals surface area contributed by atoms with Gasteiger partial charge in [-0.1, -0.05) is 19.1 Å². The lowest BCUT2D eigenvalue weighted by molar-refractivity contribution is 0.220. The lowest BCUT2D eigenvalue weighted by atomic mass is 10.2. The first-order valence-electron chi connectivity index (χ1n) is 8.29. The molecule has 0 radical (unpaired) electrons. The summed E-state index contributed by atoms with van der Waals surface area (Å²) in [6, 6.07) is 6.89. The van der Waals surface area contributed by atoms with E-state index in [1.165, 1.54) is 18.9 Å². The van der Waals surface area contributed by atoms with Crippen LogP contribution in [0, 0.1) is 5.82 Å². The molecule has 0 bridgehead atoms. The Hall–Kier alpha value is -1.82. The van der Waals surface area contributed by atoms with E-state index < -0.39 is 0 Å². The normalized spacial score (nSPS) is 20.5. The van der Waals surface area contributed by atoms with E-state index in [-0.39, 0.29) is 17.7 Å². The molecule has 0 saturated carbocycles. The highest BCUT2D eigenvalue weighted by Crippen LogP contribution is 2.17. The molecular weight excluding hydrogens is 295 g/mol. The second-order valence-electron chi connectivity index (χ2n) is 5.89. The summed E-state index contributed by atoms with van der Waals surface area (Å²) in [5.74, 6) is 0.290. The molecule has 1 aliphatic heterocycles. The van der Waals surface area contributed by atoms with Crippen molar-refractivity contribution in [3.63, 3.8) is 0 Å². The molecular formula is C17H27FN4O. The average Bonchev–Trinajstić information content (AvgIpc) is 3.00. The average molecular weight is 322 g/mol. The molecule has 1 heterocycles. The number of nitrogens with one attached hydrogen (secondary N) is 1. The number of halogens is 1. The number of nitrogens with zero attached hydrogens (tertiary/aromatic N) is 2. The van der Waals surface area contributed by atoms with Gasteiger partial charge in [0.1, 0.15) is 6.10 Å². The summed E-state index contributed by atoms with van der Waals surface area (Å²) in [6.07, 6.45) is 2.19. The van der Waals surface area contributed by atoms with Gasteiger partial charge in [-0.15, -0.1) is 0 Å². The first kappa shape index (κ1) is 17.5. The summed E-state index contributed by atoms with van der Waals surface area (Å²) in [7, 11) is 0. The molecule has 1 saturated heterocycles. The van der Waals surface area contributed by atoms with E-state index in [4.69, 9.17) is 10.5 Å². The maximum absolute atomic E-state index is 13.5. The Morgan fingerprint density at radius 3 is 3.04 bits per heavy atom. The Labute approximate surface area is 137 Å². The molecule has 3 N–H and O–H groups in total. The van der Waals surface area contributed by atoms with Gasteiger partial charge >= 0.3 is 0 Å². The molecule has 2 atom stereocenters. The minimum absolute atomic E-state index is 0.242. The zero-order valence-corrected chi connectivity index (χ0v) is 14.0. The van der Waals surface area contributed by atoms with Crippen LogP contribution in [-0.2, 0) is 0 Å². The third kappa shape index (κ3) is 5.39. The Bertz CT molecular complexity index is 523. The molecule has 5 nitrogen and oxygen atoms in total. The number of likely N-dealkylation sites (N-methyl/N-ethyl adjacent to an activating group) is 1. The Morgan fingerprint density at radius 1 is 1.52 bits per heavy atom. The van der Waals surface area contributed by atoms with Crippen LogP contribution in [0.3, 0.4) is 0 Å². The van der Waals surface area contributed by atoms with Crippen molar-refractivity contribution in [1.82, 2.24) is 10.2 Å². The Morgan fingerprint density at radius 2 is 2.30 bits per heavy atom. The predicted molar refractivity (Wildman–Crippen MR) is 91.3 cm³/mol. The van der Waals surface area contributed by atoms with Crippen LogP contribution in [0.5, 0.6) is 5.75 Å². The SMILES string of the molecule is CCN1CCCC1CNC(N)=NCC(C)Oc1ccccc1F. The molecule has 1 aromatic rings. The summed E-state index contributed by atoms with van der Waals surface area (Å²) in [4.78, 5) is 6.73. The highest BCUT2D eigenvalue weighted by atomic mass is 19.1. The number of hydrogen-bond acceptors (Lipinski definition) is 3. The lowest BCUT2D eigenvalue weighted by Gasteiger charge is -2.23. The summed E-state index contributed by atoms with van der Waals surface area (Å²) >= 11 is 0. The first-order chi connectivity index (χ1) is 11.1. The topological polar surface area (TPSA) is 62.9 Å². The highest BCUT2D eigenvalue weighted by Gasteiger charge is 2.22. The maximum Gasteiger partial charge on any atom is 0.188 e. The molecule has 0 spiro atoms. The molecule has 128 valence electrons. The standard InChI is InChI=1S/C17H27FN4O/c1-3-22-10-6-7-14(22)12-21-17(19)20-11-13(2)23-16-9-5-4-8-15(16)18/h4-5,8-9,13-14H,3,6-7,10-12H2,1-2H3,(H3,19,20,21). The van der Waals surface area contributed by atoms with Crippen LogP contribution in [0.25, 0.3) is 0 Å². The van der Waals surface area contributed by atoms with Crippen LogP contribution >= 0.6 is 0 Å². The van der Waals surface area contributed by atoms with Crippen LogP contribution in [-0.4, -0.2) is 49.2 Å². The zero-order valence-electron chi connectivity index (χ0n) is 14.0. The van der Waals surface area contributed by atoms with Crippen molar-refractivity contribution in [1.29, 1.82) is 0 Å². The molecule has 0 amide bonds. The third-order valence-electron chi connectivity index (χ3n) is 4.11. The zero-order chi connectivity index (χ0) is 16.7. The molecule has 0 aromatic heterocycles. The van der Waals surface area contributed by atoms with E-state index in [1.54, 1.807) is 18.2 Å². The minimum atomic E-state index is -0.365. The van der Waals surface area contributed by atoms with E-state index >= 15 is 0 Å². The number of aliphatic imine (C=N–C) groups is 1. The van der Waals surface area contributed by atoms with Crippen LogP contribution in [0.1, 0.15) is 26.7 Å². The van der Waals surface area contributed by atoms with Crippen molar-refractivity contribution < 1.29 is 9.13 Å². The van der Waals surface area contributed by atoms with Crippen molar-refractivity contribution in [2.24, 2.45) is 10.7 Å². The number of rotatable bonds is 7. The molecule has 6 heteroatoms. The van der Waals surface area contributed by atoms with Crippen molar-refractivity contribution >= 4 is 5.96 Å². The van der Waals surface area contributed by atoms with Gasteiger partial charge in [0.25, 0.3) is 0 Å². The number of ether oxygens (including phenoxy) is 1. The van der Waals surface area contributed by atoms with Gasteiger partial charge in [-0.2, -0.15) is 0 Å². The van der Waals surface area contributed by atoms with Gasteiger partial charge in [-0.25, -0.2) is 9.38 Å². The van der Waals surface area contributed by atoms with Crippen LogP contribution in [0.4, 0.5) is 4.39 Å². The Balaban J connectivity index is 1.74. The lowest BCUT2D eigenvalue weighted by Crippen LogP contribution is -2.43. The van der Waals surface area contributed by atoms with Gasteiger partial charge in [-0.05, 0) is 45.0 Å². The fourth-order valence-electron chi connectivity index (χ4n) is 2.84. The molecule has 23 heavy (non-hydrogen) atoms. The second-order valence-corrected chi connectivity index (χ2v) is 5.89. The van der Waals surface area contributed by atoms with Gasteiger partial charge in [0.15, 0.2) is 17.5 Å². The number of hydrogen-bond donors (Lipinski definition) is 2. The van der Waals surface area contributed by atoms with Crippen molar-refractivity contribution in [3.05, 3.63) is 30.1 Å². The maximum atomic E-state index is 13.5. The predicted octanol–water partition coefficient (Wildman–Crippen LogP) is 1.98. The van der Waals surface area contributed by atoms with Gasteiger partial charge in [0, 0.05) is 12.6 Å². The summed E-state index contributed by atoms with van der Waals surface area (Å²) < 4.78 is 19.0. The number of para-hydroxylation sites is 1. The van der Waals surface area contributed by atoms with E-state index in [1.807, 2.05) is 6.92 Å². The smallest absolute Gasteiger partial charge is 0.188 e. The number of nitrogens with two attached hydrogens (primary N) is 1. The molecule has 1 fully saturated rings. The Kier molecular flexibility index (Phi) is 6.65. The van der Waals surface area contributed by atoms with E-state index in [9.17, 15) is 4.39 Å². The van der Waals surface area contributed by atoms with Gasteiger partial charge in [0.05, 0.1) is 6.54 Å². The summed E-state index contributed by atoms with van der Waals surface area (Å²) in [5, 5.41) is 3.18. The van der Waals surface area contributed by atoms with Crippen molar-refractivity contribution in [2.45, 2.75) is 38.8 Å². The van der Waals surface area contributed by atoms with Gasteiger partial charge in [0.2, 0.25) is 0 Å². The summed E-state index contributed by atoms with van der Waals surface area (Å²) in [5.41, 5.74) is 5.90. The molecule has 1 aliphatic rings. The van der Waals surface area contributed by atoms with E-state index in [2.05, 4.69) is 22.1 Å². The fraction of sp³-hybridized carbons (Fsp3) is 0.588. The first-order valence-corrected chi connectivity index (χ1v) is 8.29. The quantitative estimate of drug-likeness (QED) is 0.595. The van der Waals surface area contributed by atoms with Crippen molar-refractivity contribution in [2.75, 3.05) is 26.2 Å². The number of guanidine groups is 1. The van der Waals surface area contributed by atoms with Crippen LogP contribution < -0.4 is 15.8 Å². The summed E-state index contributed by atoms with van der Waals surface area (Å²) in [6.45, 7) is 7.45. The van der Waals surface area contributed by atoms with Crippen molar-refractivity contribution in [3.8, 4) is 5.75 Å². The molecule has 0 aliphatic carbocycles. The van der Waals surface area contributed by atoms with Crippen LogP contribution in [0.2, 0.25) is 0 Å². The van der Waals surface area contributed by atoms with E-state index in [0.717, 1.165) is 19.6 Å². The number of benzene rings is 1. The molecule has 1 aromatic carbocycles. The number of likely N-dealkylation sites (tertiary alicyclic amines) is 1. The second kappa shape index (κ2) is 8.72. The van der Waals surface area contributed by atoms with Gasteiger partial charge < -0.3 is 15.8 Å². The molecule has 2 unspecified atom stereocenters. The third-order valence-corrected chi connectivity index (χ3v) is 4.11. The largest absolute Gasteiger partial charge is 0.486 e. The minimum Gasteiger partial charge on any atom is -0.486 e. The monoisotopic (exact) mass is 322 g/mol.